The summed E-state index contributed by atoms with van der Waals surface area (Å²) in [6.07, 6.45) is 2.83. The molecule has 0 aliphatic carbocycles. The molecule has 19 heavy (non-hydrogen) atoms. The van der Waals surface area contributed by atoms with E-state index in [0.29, 0.717) is 0 Å². The third-order valence-corrected chi connectivity index (χ3v) is 4.97. The first-order chi connectivity index (χ1) is 9.19. The van der Waals surface area contributed by atoms with E-state index in [9.17, 15) is 0 Å². The number of nitrogens with zero attached hydrogens (tertiary/aromatic N) is 4. The molecule has 1 N–H and O–H groups in total. The molecule has 0 spiro atoms. The summed E-state index contributed by atoms with van der Waals surface area (Å²) in [4.78, 5) is 8.99. The van der Waals surface area contributed by atoms with E-state index >= 15 is 0 Å². The molecule has 3 rings (SSSR count). The summed E-state index contributed by atoms with van der Waals surface area (Å²) >= 11 is 3.33. The monoisotopic (exact) mass is 293 g/mol. The lowest BCUT2D eigenvalue weighted by atomic mass is 10.2. The van der Waals surface area contributed by atoms with Crippen molar-refractivity contribution >= 4 is 38.2 Å². The summed E-state index contributed by atoms with van der Waals surface area (Å²) in [7, 11) is 1.93. The van der Waals surface area contributed by atoms with Crippen LogP contribution in [-0.4, -0.2) is 19.7 Å². The third kappa shape index (κ3) is 2.23. The molecule has 0 bridgehead atoms. The zero-order chi connectivity index (χ0) is 13.4. The molecule has 0 saturated heterocycles. The molecule has 5 nitrogen and oxygen atoms in total. The van der Waals surface area contributed by atoms with E-state index in [4.69, 9.17) is 0 Å². The van der Waals surface area contributed by atoms with Crippen LogP contribution in [0.2, 0.25) is 0 Å². The van der Waals surface area contributed by atoms with Crippen molar-refractivity contribution < 1.29 is 0 Å². The van der Waals surface area contributed by atoms with Gasteiger partial charge in [0.1, 0.15) is 5.01 Å². The summed E-state index contributed by atoms with van der Waals surface area (Å²) in [5.74, 6) is 0. The maximum Gasteiger partial charge on any atom is 0.186 e. The van der Waals surface area contributed by atoms with E-state index in [2.05, 4.69) is 27.3 Å². The molecule has 0 aliphatic heterocycles. The molecule has 0 saturated carbocycles. The first kappa shape index (κ1) is 12.6. The number of nitrogens with one attached hydrogen (secondary N) is 1. The number of thiazole rings is 2. The first-order valence-corrected chi connectivity index (χ1v) is 7.84. The highest BCUT2D eigenvalue weighted by Crippen LogP contribution is 2.31. The van der Waals surface area contributed by atoms with Gasteiger partial charge in [0, 0.05) is 18.6 Å². The molecule has 3 aromatic rings. The Hall–Kier alpha value is -1.47. The fourth-order valence-corrected chi connectivity index (χ4v) is 3.80. The predicted octanol–water partition coefficient (Wildman–Crippen LogP) is 3.36. The molecule has 3 aromatic heterocycles. The second kappa shape index (κ2) is 4.90. The van der Waals surface area contributed by atoms with E-state index < -0.39 is 0 Å². The van der Waals surface area contributed by atoms with Crippen molar-refractivity contribution in [2.75, 3.05) is 5.32 Å². The quantitative estimate of drug-likeness (QED) is 0.801. The molecular weight excluding hydrogens is 278 g/mol. The second-order valence-corrected chi connectivity index (χ2v) is 6.28. The third-order valence-electron chi connectivity index (χ3n) is 3.00. The SMILES string of the molecule is CCC(Nc1nc2c(s1)c(C)nn2C)c1nccs1. The van der Waals surface area contributed by atoms with Crippen LogP contribution in [0.5, 0.6) is 0 Å². The van der Waals surface area contributed by atoms with Crippen LogP contribution in [-0.2, 0) is 7.05 Å². The molecule has 3 heterocycles. The van der Waals surface area contributed by atoms with Crippen LogP contribution >= 0.6 is 22.7 Å². The predicted molar refractivity (Wildman–Crippen MR) is 79.9 cm³/mol. The summed E-state index contributed by atoms with van der Waals surface area (Å²) in [6, 6.07) is 0.230. The van der Waals surface area contributed by atoms with Gasteiger partial charge in [0.15, 0.2) is 10.8 Å². The van der Waals surface area contributed by atoms with Crippen LogP contribution < -0.4 is 5.32 Å². The highest BCUT2D eigenvalue weighted by atomic mass is 32.1. The average Bonchev–Trinajstić information content (AvgIpc) is 3.08. The Kier molecular flexibility index (Phi) is 3.24. The minimum Gasteiger partial charge on any atom is -0.352 e. The van der Waals surface area contributed by atoms with Gasteiger partial charge in [-0.25, -0.2) is 14.6 Å². The van der Waals surface area contributed by atoms with E-state index in [-0.39, 0.29) is 6.04 Å². The average molecular weight is 293 g/mol. The summed E-state index contributed by atoms with van der Waals surface area (Å²) in [5, 5.41) is 11.9. The Balaban J connectivity index is 1.90. The fourth-order valence-electron chi connectivity index (χ4n) is 2.04. The molecule has 0 aliphatic rings. The van der Waals surface area contributed by atoms with Crippen LogP contribution in [0.1, 0.15) is 30.1 Å². The lowest BCUT2D eigenvalue weighted by Crippen LogP contribution is -2.09. The Labute approximate surface area is 119 Å². The lowest BCUT2D eigenvalue weighted by molar-refractivity contribution is 0.739. The first-order valence-electron chi connectivity index (χ1n) is 6.15. The fraction of sp³-hybridized carbons (Fsp3) is 0.417. The summed E-state index contributed by atoms with van der Waals surface area (Å²) in [5.41, 5.74) is 1.98. The van der Waals surface area contributed by atoms with Gasteiger partial charge in [0.05, 0.1) is 16.4 Å². The van der Waals surface area contributed by atoms with Crippen molar-refractivity contribution in [1.82, 2.24) is 19.7 Å². The highest BCUT2D eigenvalue weighted by Gasteiger charge is 2.16. The zero-order valence-corrected chi connectivity index (χ0v) is 12.7. The molecule has 0 radical (unpaired) electrons. The Bertz CT molecular complexity index is 648. The van der Waals surface area contributed by atoms with Crippen molar-refractivity contribution in [1.29, 1.82) is 0 Å². The Morgan fingerprint density at radius 3 is 2.95 bits per heavy atom. The van der Waals surface area contributed by atoms with Crippen molar-refractivity contribution in [3.8, 4) is 0 Å². The Morgan fingerprint density at radius 2 is 2.32 bits per heavy atom. The van der Waals surface area contributed by atoms with Crippen LogP contribution in [0.3, 0.4) is 0 Å². The van der Waals surface area contributed by atoms with Gasteiger partial charge in [-0.3, -0.25) is 0 Å². The number of rotatable bonds is 4. The van der Waals surface area contributed by atoms with E-state index in [1.807, 2.05) is 30.2 Å². The molecule has 1 unspecified atom stereocenters. The molecule has 100 valence electrons. The van der Waals surface area contributed by atoms with Crippen molar-refractivity contribution in [3.05, 3.63) is 22.3 Å². The molecule has 0 aromatic carbocycles. The van der Waals surface area contributed by atoms with Gasteiger partial charge in [0.25, 0.3) is 0 Å². The van der Waals surface area contributed by atoms with Crippen LogP contribution in [0.25, 0.3) is 10.3 Å². The molecule has 7 heteroatoms. The lowest BCUT2D eigenvalue weighted by Gasteiger charge is -2.12. The van der Waals surface area contributed by atoms with Gasteiger partial charge in [-0.05, 0) is 13.3 Å². The van der Waals surface area contributed by atoms with E-state index in [0.717, 1.165) is 32.6 Å². The number of hydrogen-bond acceptors (Lipinski definition) is 6. The van der Waals surface area contributed by atoms with Gasteiger partial charge in [-0.1, -0.05) is 18.3 Å². The maximum absolute atomic E-state index is 4.62. The standard InChI is InChI=1S/C12H15N5S2/c1-4-8(11-13-5-6-18-11)14-12-15-10-9(19-12)7(2)16-17(10)3/h5-6,8H,4H2,1-3H3,(H,14,15). The largest absolute Gasteiger partial charge is 0.352 e. The normalized spacial score (nSPS) is 13.0. The van der Waals surface area contributed by atoms with Crippen molar-refractivity contribution in [3.63, 3.8) is 0 Å². The molecular formula is C12H15N5S2. The van der Waals surface area contributed by atoms with Crippen LogP contribution in [0.15, 0.2) is 11.6 Å². The number of anilines is 1. The zero-order valence-electron chi connectivity index (χ0n) is 11.0. The van der Waals surface area contributed by atoms with E-state index in [1.165, 1.54) is 0 Å². The van der Waals surface area contributed by atoms with Gasteiger partial charge < -0.3 is 5.32 Å². The van der Waals surface area contributed by atoms with Crippen molar-refractivity contribution in [2.24, 2.45) is 7.05 Å². The number of aromatic nitrogens is 4. The second-order valence-electron chi connectivity index (χ2n) is 4.36. The summed E-state index contributed by atoms with van der Waals surface area (Å²) < 4.78 is 2.98. The molecule has 1 atom stereocenters. The van der Waals surface area contributed by atoms with Gasteiger partial charge >= 0.3 is 0 Å². The minimum absolute atomic E-state index is 0.230. The highest BCUT2D eigenvalue weighted by molar-refractivity contribution is 7.22. The molecule has 0 amide bonds. The number of fused-ring (bicyclic) bond motifs is 1. The number of aryl methyl sites for hydroxylation is 2. The van der Waals surface area contributed by atoms with Gasteiger partial charge in [-0.15, -0.1) is 11.3 Å². The number of hydrogen-bond donors (Lipinski definition) is 1. The van der Waals surface area contributed by atoms with E-state index in [1.54, 1.807) is 22.7 Å². The molecule has 0 fully saturated rings. The topological polar surface area (TPSA) is 55.6 Å². The van der Waals surface area contributed by atoms with Gasteiger partial charge in [-0.2, -0.15) is 5.10 Å². The minimum atomic E-state index is 0.230. The smallest absolute Gasteiger partial charge is 0.186 e. The maximum atomic E-state index is 4.62. The van der Waals surface area contributed by atoms with Gasteiger partial charge in [0.2, 0.25) is 0 Å². The summed E-state index contributed by atoms with van der Waals surface area (Å²) in [6.45, 7) is 4.17. The Morgan fingerprint density at radius 1 is 1.47 bits per heavy atom. The van der Waals surface area contributed by atoms with Crippen molar-refractivity contribution in [2.45, 2.75) is 26.3 Å². The van der Waals surface area contributed by atoms with Crippen LogP contribution in [0.4, 0.5) is 5.13 Å². The van der Waals surface area contributed by atoms with Crippen LogP contribution in [0, 0.1) is 6.92 Å².